The van der Waals surface area contributed by atoms with Crippen molar-refractivity contribution in [2.75, 3.05) is 7.11 Å². The van der Waals surface area contributed by atoms with E-state index in [9.17, 15) is 29.3 Å². The van der Waals surface area contributed by atoms with Crippen LogP contribution in [0.2, 0.25) is 0 Å². The highest BCUT2D eigenvalue weighted by Gasteiger charge is 2.42. The zero-order valence-corrected chi connectivity index (χ0v) is 22.3. The van der Waals surface area contributed by atoms with Gasteiger partial charge in [-0.05, 0) is 60.6 Å². The number of hydrogen-bond donors (Lipinski definition) is 1. The molecule has 12 nitrogen and oxygen atoms in total. The molecule has 0 aromatic heterocycles. The average molecular weight is 572 g/mol. The first-order valence-corrected chi connectivity index (χ1v) is 13.1. The van der Waals surface area contributed by atoms with Crippen LogP contribution in [0, 0.1) is 10.1 Å². The number of fused-ring (bicyclic) bond motifs is 3. The van der Waals surface area contributed by atoms with Gasteiger partial charge >= 0.3 is 0 Å². The smallest absolute Gasteiger partial charge is 0.270 e. The Hall–Kier alpha value is -5.17. The van der Waals surface area contributed by atoms with Gasteiger partial charge in [0, 0.05) is 35.2 Å². The second-order valence-electron chi connectivity index (χ2n) is 8.90. The van der Waals surface area contributed by atoms with Gasteiger partial charge in [0.2, 0.25) is 11.0 Å². The number of aliphatic imine (C=N–C) groups is 2. The quantitative estimate of drug-likeness (QED) is 0.330. The summed E-state index contributed by atoms with van der Waals surface area (Å²) in [5.74, 6) is -0.791. The van der Waals surface area contributed by atoms with E-state index in [1.54, 1.807) is 36.4 Å². The number of nitro groups is 1. The molecule has 1 atom stereocenters. The molecule has 3 aromatic rings. The molecule has 0 spiro atoms. The Morgan fingerprint density at radius 3 is 2.54 bits per heavy atom. The Morgan fingerprint density at radius 2 is 1.80 bits per heavy atom. The van der Waals surface area contributed by atoms with E-state index in [0.29, 0.717) is 28.8 Å². The van der Waals surface area contributed by atoms with Gasteiger partial charge in [-0.25, -0.2) is 9.89 Å². The van der Waals surface area contributed by atoms with Gasteiger partial charge in [-0.2, -0.15) is 0 Å². The molecule has 3 amide bonds. The van der Waals surface area contributed by atoms with Crippen LogP contribution in [-0.2, 0) is 9.59 Å². The molecule has 3 aromatic carbocycles. The van der Waals surface area contributed by atoms with Crippen LogP contribution in [0.3, 0.4) is 0 Å². The number of methoxy groups -OCH3 is 1. The lowest BCUT2D eigenvalue weighted by atomic mass is 10.1. The van der Waals surface area contributed by atoms with Crippen molar-refractivity contribution in [3.8, 4) is 5.75 Å². The molecule has 1 unspecified atom stereocenters. The third-order valence-electron chi connectivity index (χ3n) is 6.27. The van der Waals surface area contributed by atoms with Crippen molar-refractivity contribution in [2.24, 2.45) is 9.98 Å². The van der Waals surface area contributed by atoms with E-state index in [0.717, 1.165) is 6.07 Å². The predicted octanol–water partition coefficient (Wildman–Crippen LogP) is 3.87. The van der Waals surface area contributed by atoms with Gasteiger partial charge in [0.05, 0.1) is 17.7 Å². The molecule has 2 heterocycles. The van der Waals surface area contributed by atoms with Crippen molar-refractivity contribution in [1.82, 2.24) is 10.2 Å². The van der Waals surface area contributed by atoms with Crippen LogP contribution in [0.15, 0.2) is 82.8 Å². The minimum absolute atomic E-state index is 0.0134. The molecular formula is C28H21N5O7S. The minimum Gasteiger partial charge on any atom is -0.497 e. The van der Waals surface area contributed by atoms with Gasteiger partial charge in [-0.15, -0.1) is 0 Å². The summed E-state index contributed by atoms with van der Waals surface area (Å²) < 4.78 is 5.06. The van der Waals surface area contributed by atoms with Crippen LogP contribution in [0.25, 0.3) is 0 Å². The van der Waals surface area contributed by atoms with Crippen molar-refractivity contribution >= 4 is 57.0 Å². The normalized spacial score (nSPS) is 15.3. The van der Waals surface area contributed by atoms with E-state index < -0.39 is 33.8 Å². The zero-order valence-electron chi connectivity index (χ0n) is 21.5. The third kappa shape index (κ3) is 5.75. The van der Waals surface area contributed by atoms with Gasteiger partial charge in [0.15, 0.2) is 5.17 Å². The second-order valence-corrected chi connectivity index (χ2v) is 9.84. The average Bonchev–Trinajstić information content (AvgIpc) is 3.32. The molecule has 0 aliphatic carbocycles. The molecule has 0 saturated heterocycles. The standard InChI is InChI=1S/C28H21N5O7S/c1-40-19-11-9-16(10-12-19)25(35)31-23(34)14-13-22-26(36)32-24(29-22)20-7-2-3-8-21(20)30-28(32)41-27(37)17-5-4-6-18(15-17)33(38)39/h2-12,15,22H,13-14H2,1H3,(H,31,34,35). The molecule has 13 heteroatoms. The molecule has 2 aliphatic heterocycles. The molecule has 0 fully saturated rings. The number of thioether (sulfide) groups is 1. The monoisotopic (exact) mass is 571 g/mol. The number of nitrogens with zero attached hydrogens (tertiary/aromatic N) is 4. The summed E-state index contributed by atoms with van der Waals surface area (Å²) in [6.45, 7) is 0. The van der Waals surface area contributed by atoms with Crippen molar-refractivity contribution < 1.29 is 28.8 Å². The van der Waals surface area contributed by atoms with Crippen molar-refractivity contribution in [1.29, 1.82) is 0 Å². The first kappa shape index (κ1) is 27.4. The highest BCUT2D eigenvalue weighted by Crippen LogP contribution is 2.35. The lowest BCUT2D eigenvalue weighted by Crippen LogP contribution is -2.41. The number of amides is 3. The van der Waals surface area contributed by atoms with Gasteiger partial charge in [-0.1, -0.05) is 18.2 Å². The summed E-state index contributed by atoms with van der Waals surface area (Å²) in [4.78, 5) is 72.2. The fraction of sp³-hybridized carbons (Fsp3) is 0.143. The largest absolute Gasteiger partial charge is 0.497 e. The van der Waals surface area contributed by atoms with Gasteiger partial charge in [0.1, 0.15) is 17.6 Å². The maximum absolute atomic E-state index is 13.4. The fourth-order valence-corrected chi connectivity index (χ4v) is 5.04. The number of rotatable bonds is 7. The number of non-ortho nitro benzene ring substituents is 1. The van der Waals surface area contributed by atoms with Crippen LogP contribution in [0.4, 0.5) is 11.4 Å². The Morgan fingerprint density at radius 1 is 1.05 bits per heavy atom. The molecular weight excluding hydrogens is 550 g/mol. The second kappa shape index (κ2) is 11.5. The summed E-state index contributed by atoms with van der Waals surface area (Å²) in [6.07, 6.45) is -0.143. The molecule has 0 saturated carbocycles. The summed E-state index contributed by atoms with van der Waals surface area (Å²) in [5.41, 5.74) is 1.18. The maximum Gasteiger partial charge on any atom is 0.270 e. The van der Waals surface area contributed by atoms with Crippen LogP contribution in [-0.4, -0.2) is 56.8 Å². The summed E-state index contributed by atoms with van der Waals surface area (Å²) in [7, 11) is 1.50. The Labute approximate surface area is 237 Å². The third-order valence-corrected chi connectivity index (χ3v) is 7.15. The maximum atomic E-state index is 13.4. The Bertz CT molecular complexity index is 1650. The predicted molar refractivity (Wildman–Crippen MR) is 150 cm³/mol. The SMILES string of the molecule is COc1ccc(C(=O)NC(=O)CCC2N=C3c4ccccc4N=C(SC(=O)c4cccc([N+](=O)[O-])c4)N3C2=O)cc1. The van der Waals surface area contributed by atoms with E-state index >= 15 is 0 Å². The number of ether oxygens (including phenoxy) is 1. The van der Waals surface area contributed by atoms with Crippen LogP contribution in [0.5, 0.6) is 5.75 Å². The number of nitro benzene ring substituents is 1. The molecule has 5 rings (SSSR count). The fourth-order valence-electron chi connectivity index (χ4n) is 4.22. The number of nitrogens with one attached hydrogen (secondary N) is 1. The highest BCUT2D eigenvalue weighted by molar-refractivity contribution is 8.26. The van der Waals surface area contributed by atoms with E-state index in [2.05, 4.69) is 15.3 Å². The summed E-state index contributed by atoms with van der Waals surface area (Å²) in [6, 6.07) is 17.5. The number of carbonyl (C=O) groups is 4. The van der Waals surface area contributed by atoms with Crippen LogP contribution >= 0.6 is 11.8 Å². The van der Waals surface area contributed by atoms with Gasteiger partial charge in [-0.3, -0.25) is 39.6 Å². The first-order chi connectivity index (χ1) is 19.7. The summed E-state index contributed by atoms with van der Waals surface area (Å²) >= 11 is 0.653. The molecule has 1 N–H and O–H groups in total. The van der Waals surface area contributed by atoms with Crippen LogP contribution < -0.4 is 10.1 Å². The van der Waals surface area contributed by atoms with E-state index in [4.69, 9.17) is 4.74 Å². The molecule has 0 radical (unpaired) electrons. The van der Waals surface area contributed by atoms with E-state index in [-0.39, 0.29) is 40.7 Å². The van der Waals surface area contributed by atoms with Crippen molar-refractivity contribution in [3.05, 3.63) is 99.6 Å². The number of amidine groups is 2. The molecule has 41 heavy (non-hydrogen) atoms. The number of hydrogen-bond acceptors (Lipinski definition) is 10. The van der Waals surface area contributed by atoms with Crippen LogP contribution in [0.1, 0.15) is 39.1 Å². The number of para-hydroxylation sites is 1. The number of benzene rings is 3. The zero-order chi connectivity index (χ0) is 29.1. The lowest BCUT2D eigenvalue weighted by Gasteiger charge is -2.25. The Kier molecular flexibility index (Phi) is 7.70. The van der Waals surface area contributed by atoms with Crippen molar-refractivity contribution in [3.63, 3.8) is 0 Å². The number of carbonyl (C=O) groups excluding carboxylic acids is 4. The van der Waals surface area contributed by atoms with Crippen molar-refractivity contribution in [2.45, 2.75) is 18.9 Å². The lowest BCUT2D eigenvalue weighted by molar-refractivity contribution is -0.384. The topological polar surface area (TPSA) is 161 Å². The minimum atomic E-state index is -0.947. The Balaban J connectivity index is 1.30. The number of imide groups is 1. The van der Waals surface area contributed by atoms with E-state index in [1.807, 2.05) is 0 Å². The molecule has 2 aliphatic rings. The molecule has 0 bridgehead atoms. The highest BCUT2D eigenvalue weighted by atomic mass is 32.2. The first-order valence-electron chi connectivity index (χ1n) is 12.3. The molecule has 206 valence electrons. The van der Waals surface area contributed by atoms with Gasteiger partial charge < -0.3 is 4.74 Å². The van der Waals surface area contributed by atoms with Gasteiger partial charge in [0.25, 0.3) is 17.5 Å². The summed E-state index contributed by atoms with van der Waals surface area (Å²) in [5, 5.41) is 12.9. The van der Waals surface area contributed by atoms with E-state index in [1.165, 1.54) is 42.3 Å².